The van der Waals surface area contributed by atoms with Crippen molar-refractivity contribution in [1.82, 2.24) is 5.43 Å². The Bertz CT molecular complexity index is 927. The highest BCUT2D eigenvalue weighted by atomic mass is 35.5. The SMILES string of the molecule is C/C(=N/NC(=O)COc1ccc(Cl)cc1C)c1ccc2c(c1)NC(=O)CO2. The first-order chi connectivity index (χ1) is 12.9. The lowest BCUT2D eigenvalue weighted by Gasteiger charge is -2.18. The second kappa shape index (κ2) is 8.09. The second-order valence-corrected chi connectivity index (χ2v) is 6.41. The third-order valence-corrected chi connectivity index (χ3v) is 4.11. The molecule has 8 heteroatoms. The number of benzene rings is 2. The minimum Gasteiger partial charge on any atom is -0.483 e. The Labute approximate surface area is 161 Å². The third kappa shape index (κ3) is 4.77. The lowest BCUT2D eigenvalue weighted by Crippen LogP contribution is -2.26. The van der Waals surface area contributed by atoms with Gasteiger partial charge in [-0.3, -0.25) is 9.59 Å². The molecule has 2 amide bonds. The highest BCUT2D eigenvalue weighted by Crippen LogP contribution is 2.28. The summed E-state index contributed by atoms with van der Waals surface area (Å²) >= 11 is 5.89. The molecule has 1 aliphatic rings. The van der Waals surface area contributed by atoms with E-state index in [1.165, 1.54) is 0 Å². The van der Waals surface area contributed by atoms with E-state index >= 15 is 0 Å². The fourth-order valence-electron chi connectivity index (χ4n) is 2.47. The van der Waals surface area contributed by atoms with Crippen LogP contribution in [0.2, 0.25) is 5.02 Å². The monoisotopic (exact) mass is 387 g/mol. The van der Waals surface area contributed by atoms with Crippen LogP contribution in [0, 0.1) is 6.92 Å². The van der Waals surface area contributed by atoms with E-state index in [9.17, 15) is 9.59 Å². The third-order valence-electron chi connectivity index (χ3n) is 3.87. The van der Waals surface area contributed by atoms with Gasteiger partial charge in [-0.25, -0.2) is 5.43 Å². The fraction of sp³-hybridized carbons (Fsp3) is 0.211. The van der Waals surface area contributed by atoms with Crippen LogP contribution in [0.15, 0.2) is 41.5 Å². The van der Waals surface area contributed by atoms with Gasteiger partial charge in [0, 0.05) is 5.02 Å². The average molecular weight is 388 g/mol. The maximum Gasteiger partial charge on any atom is 0.277 e. The summed E-state index contributed by atoms with van der Waals surface area (Å²) in [6.45, 7) is 3.42. The van der Waals surface area contributed by atoms with Gasteiger partial charge in [0.1, 0.15) is 11.5 Å². The summed E-state index contributed by atoms with van der Waals surface area (Å²) in [5, 5.41) is 7.41. The molecule has 27 heavy (non-hydrogen) atoms. The van der Waals surface area contributed by atoms with E-state index in [1.807, 2.05) is 6.92 Å². The Hall–Kier alpha value is -3.06. The smallest absolute Gasteiger partial charge is 0.277 e. The first kappa shape index (κ1) is 18.7. The molecular weight excluding hydrogens is 370 g/mol. The number of halogens is 1. The van der Waals surface area contributed by atoms with Gasteiger partial charge in [-0.2, -0.15) is 5.10 Å². The molecule has 2 aromatic carbocycles. The van der Waals surface area contributed by atoms with Crippen LogP contribution in [0.25, 0.3) is 0 Å². The first-order valence-corrected chi connectivity index (χ1v) is 8.59. The number of nitrogens with one attached hydrogen (secondary N) is 2. The number of rotatable bonds is 5. The van der Waals surface area contributed by atoms with Gasteiger partial charge >= 0.3 is 0 Å². The molecule has 2 aromatic rings. The lowest BCUT2D eigenvalue weighted by molar-refractivity contribution is -0.123. The Morgan fingerprint density at radius 1 is 1.33 bits per heavy atom. The molecule has 1 aliphatic heterocycles. The number of hydrogen-bond acceptors (Lipinski definition) is 5. The number of amides is 2. The van der Waals surface area contributed by atoms with Crippen LogP contribution in [0.3, 0.4) is 0 Å². The number of nitrogens with zero attached hydrogens (tertiary/aromatic N) is 1. The van der Waals surface area contributed by atoms with Gasteiger partial charge < -0.3 is 14.8 Å². The highest BCUT2D eigenvalue weighted by molar-refractivity contribution is 6.30. The number of hydrogen-bond donors (Lipinski definition) is 2. The molecule has 0 unspecified atom stereocenters. The molecule has 0 aromatic heterocycles. The molecule has 1 heterocycles. The van der Waals surface area contributed by atoms with Crippen LogP contribution in [0.1, 0.15) is 18.1 Å². The van der Waals surface area contributed by atoms with Gasteiger partial charge in [0.15, 0.2) is 13.2 Å². The van der Waals surface area contributed by atoms with Crippen LogP contribution < -0.4 is 20.2 Å². The number of fused-ring (bicyclic) bond motifs is 1. The molecular formula is C19H18ClN3O4. The van der Waals surface area contributed by atoms with Gasteiger partial charge in [-0.15, -0.1) is 0 Å². The van der Waals surface area contributed by atoms with Gasteiger partial charge in [-0.1, -0.05) is 11.6 Å². The molecule has 0 atom stereocenters. The molecule has 3 rings (SSSR count). The van der Waals surface area contributed by atoms with Crippen molar-refractivity contribution in [3.8, 4) is 11.5 Å². The van der Waals surface area contributed by atoms with Crippen molar-refractivity contribution in [2.45, 2.75) is 13.8 Å². The predicted molar refractivity (Wildman–Crippen MR) is 103 cm³/mol. The number of aryl methyl sites for hydroxylation is 1. The quantitative estimate of drug-likeness (QED) is 0.609. The molecule has 0 saturated carbocycles. The summed E-state index contributed by atoms with van der Waals surface area (Å²) in [6, 6.07) is 10.5. The molecule has 0 bridgehead atoms. The standard InChI is InChI=1S/C19H18ClN3O4/c1-11-7-14(20)4-6-16(11)26-10-19(25)23-22-12(2)13-3-5-17-15(8-13)21-18(24)9-27-17/h3-8H,9-10H2,1-2H3,(H,21,24)(H,23,25)/b22-12-. The second-order valence-electron chi connectivity index (χ2n) is 5.98. The number of carbonyl (C=O) groups excluding carboxylic acids is 2. The number of carbonyl (C=O) groups is 2. The summed E-state index contributed by atoms with van der Waals surface area (Å²) in [6.07, 6.45) is 0. The molecule has 7 nitrogen and oxygen atoms in total. The van der Waals surface area contributed by atoms with E-state index in [-0.39, 0.29) is 19.1 Å². The average Bonchev–Trinajstić information content (AvgIpc) is 2.64. The summed E-state index contributed by atoms with van der Waals surface area (Å²) in [7, 11) is 0. The van der Waals surface area contributed by atoms with Crippen LogP contribution in [-0.4, -0.2) is 30.7 Å². The van der Waals surface area contributed by atoms with Crippen molar-refractivity contribution in [2.24, 2.45) is 5.10 Å². The van der Waals surface area contributed by atoms with Crippen molar-refractivity contribution in [3.05, 3.63) is 52.5 Å². The zero-order valence-electron chi connectivity index (χ0n) is 14.8. The van der Waals surface area contributed by atoms with Crippen LogP contribution >= 0.6 is 11.6 Å². The summed E-state index contributed by atoms with van der Waals surface area (Å²) in [5.74, 6) is 0.582. The topological polar surface area (TPSA) is 89.0 Å². The Morgan fingerprint density at radius 2 is 2.15 bits per heavy atom. The Morgan fingerprint density at radius 3 is 2.93 bits per heavy atom. The van der Waals surface area contributed by atoms with E-state index in [0.717, 1.165) is 11.1 Å². The molecule has 0 fully saturated rings. The maximum absolute atomic E-state index is 12.0. The Balaban J connectivity index is 1.59. The van der Waals surface area contributed by atoms with Gasteiger partial charge in [-0.05, 0) is 61.4 Å². The molecule has 140 valence electrons. The van der Waals surface area contributed by atoms with Crippen molar-refractivity contribution < 1.29 is 19.1 Å². The summed E-state index contributed by atoms with van der Waals surface area (Å²) in [5.41, 5.74) is 5.19. The minimum atomic E-state index is -0.390. The minimum absolute atomic E-state index is 0.00255. The number of hydrazone groups is 1. The van der Waals surface area contributed by atoms with Gasteiger partial charge in [0.05, 0.1) is 11.4 Å². The maximum atomic E-state index is 12.0. The lowest BCUT2D eigenvalue weighted by atomic mass is 10.1. The van der Waals surface area contributed by atoms with Crippen molar-refractivity contribution in [2.75, 3.05) is 18.5 Å². The van der Waals surface area contributed by atoms with Crippen LogP contribution in [0.4, 0.5) is 5.69 Å². The fourth-order valence-corrected chi connectivity index (χ4v) is 2.70. The molecule has 0 radical (unpaired) electrons. The van der Waals surface area contributed by atoms with Crippen molar-refractivity contribution >= 4 is 34.8 Å². The summed E-state index contributed by atoms with van der Waals surface area (Å²) < 4.78 is 10.8. The van der Waals surface area contributed by atoms with Crippen molar-refractivity contribution in [3.63, 3.8) is 0 Å². The van der Waals surface area contributed by atoms with Gasteiger partial charge in [0.2, 0.25) is 0 Å². The van der Waals surface area contributed by atoms with E-state index in [4.69, 9.17) is 21.1 Å². The Kier molecular flexibility index (Phi) is 5.61. The first-order valence-electron chi connectivity index (χ1n) is 8.21. The molecule has 2 N–H and O–H groups in total. The van der Waals surface area contributed by atoms with E-state index in [1.54, 1.807) is 43.3 Å². The molecule has 0 spiro atoms. The van der Waals surface area contributed by atoms with Crippen LogP contribution in [0.5, 0.6) is 11.5 Å². The van der Waals surface area contributed by atoms with E-state index < -0.39 is 5.91 Å². The number of ether oxygens (including phenoxy) is 2. The normalized spacial score (nSPS) is 13.3. The number of anilines is 1. The largest absolute Gasteiger partial charge is 0.483 e. The molecule has 0 aliphatic carbocycles. The van der Waals surface area contributed by atoms with Crippen LogP contribution in [-0.2, 0) is 9.59 Å². The zero-order valence-corrected chi connectivity index (χ0v) is 15.6. The summed E-state index contributed by atoms with van der Waals surface area (Å²) in [4.78, 5) is 23.4. The predicted octanol–water partition coefficient (Wildman–Crippen LogP) is 2.90. The van der Waals surface area contributed by atoms with E-state index in [2.05, 4.69) is 15.8 Å². The van der Waals surface area contributed by atoms with E-state index in [0.29, 0.717) is 27.9 Å². The highest BCUT2D eigenvalue weighted by Gasteiger charge is 2.16. The van der Waals surface area contributed by atoms with Gasteiger partial charge in [0.25, 0.3) is 11.8 Å². The van der Waals surface area contributed by atoms with Crippen molar-refractivity contribution in [1.29, 1.82) is 0 Å². The zero-order chi connectivity index (χ0) is 19.4. The molecule has 0 saturated heterocycles.